The van der Waals surface area contributed by atoms with Gasteiger partial charge in [-0.05, 0) is 58.0 Å². The van der Waals surface area contributed by atoms with Crippen LogP contribution in [0.3, 0.4) is 0 Å². The molecular weight excluding hydrogens is 354 g/mol. The molecule has 28 heavy (non-hydrogen) atoms. The number of benzene rings is 1. The van der Waals surface area contributed by atoms with Gasteiger partial charge < -0.3 is 15.0 Å². The Morgan fingerprint density at radius 1 is 1.18 bits per heavy atom. The Morgan fingerprint density at radius 2 is 1.93 bits per heavy atom. The summed E-state index contributed by atoms with van der Waals surface area (Å²) in [5.74, 6) is 1.00. The highest BCUT2D eigenvalue weighted by atomic mass is 16.5. The number of likely N-dealkylation sites (tertiary alicyclic amines) is 1. The van der Waals surface area contributed by atoms with Gasteiger partial charge in [0.15, 0.2) is 0 Å². The molecule has 2 N–H and O–H groups in total. The fourth-order valence-corrected chi connectivity index (χ4v) is 4.36. The van der Waals surface area contributed by atoms with E-state index in [0.29, 0.717) is 6.54 Å². The quantitative estimate of drug-likeness (QED) is 0.828. The zero-order valence-electron chi connectivity index (χ0n) is 16.9. The summed E-state index contributed by atoms with van der Waals surface area (Å²) in [4.78, 5) is 25.2. The molecule has 1 amide bonds. The summed E-state index contributed by atoms with van der Waals surface area (Å²) < 4.78 is 5.73. The fourth-order valence-electron chi connectivity index (χ4n) is 4.36. The van der Waals surface area contributed by atoms with E-state index in [0.717, 1.165) is 55.3 Å². The molecule has 2 aliphatic heterocycles. The number of piperidine rings is 1. The molecule has 0 spiro atoms. The third-order valence-corrected chi connectivity index (χ3v) is 5.50. The first kappa shape index (κ1) is 19.4. The first-order valence-corrected chi connectivity index (χ1v) is 10.4. The van der Waals surface area contributed by atoms with Crippen molar-refractivity contribution in [1.29, 1.82) is 0 Å². The van der Waals surface area contributed by atoms with Gasteiger partial charge in [0, 0.05) is 18.8 Å². The largest absolute Gasteiger partial charge is 0.373 e. The van der Waals surface area contributed by atoms with Crippen LogP contribution in [0.1, 0.15) is 38.9 Å². The van der Waals surface area contributed by atoms with Crippen molar-refractivity contribution >= 4 is 22.6 Å². The number of amides is 1. The normalized spacial score (nSPS) is 24.5. The molecule has 0 aliphatic carbocycles. The molecule has 7 heteroatoms. The number of hydrogen-bond acceptors (Lipinski definition) is 5. The number of anilines is 1. The number of H-pyrrole nitrogens is 1. The highest BCUT2D eigenvalue weighted by molar-refractivity contribution is 5.94. The van der Waals surface area contributed by atoms with E-state index in [1.807, 2.05) is 32.0 Å². The van der Waals surface area contributed by atoms with Crippen LogP contribution in [0.2, 0.25) is 0 Å². The molecule has 0 radical (unpaired) electrons. The van der Waals surface area contributed by atoms with Crippen molar-refractivity contribution < 1.29 is 9.53 Å². The second-order valence-corrected chi connectivity index (χ2v) is 8.25. The number of nitrogens with zero attached hydrogens (tertiary/aromatic N) is 3. The Labute approximate surface area is 166 Å². The Morgan fingerprint density at radius 3 is 2.68 bits per heavy atom. The summed E-state index contributed by atoms with van der Waals surface area (Å²) in [5, 5.41) is 3.02. The van der Waals surface area contributed by atoms with Gasteiger partial charge in [-0.15, -0.1) is 0 Å². The van der Waals surface area contributed by atoms with Crippen LogP contribution in [0.4, 0.5) is 5.69 Å². The summed E-state index contributed by atoms with van der Waals surface area (Å²) in [6.07, 6.45) is 4.21. The number of carbonyl (C=O) groups is 1. The predicted octanol–water partition coefficient (Wildman–Crippen LogP) is 2.60. The summed E-state index contributed by atoms with van der Waals surface area (Å²) in [6, 6.07) is 5.88. The topological polar surface area (TPSA) is 73.5 Å². The van der Waals surface area contributed by atoms with Crippen LogP contribution in [0.5, 0.6) is 0 Å². The average Bonchev–Trinajstić information content (AvgIpc) is 3.03. The number of rotatable bonds is 5. The Balaban J connectivity index is 1.36. The molecule has 2 saturated heterocycles. The summed E-state index contributed by atoms with van der Waals surface area (Å²) >= 11 is 0. The Kier molecular flexibility index (Phi) is 5.94. The van der Waals surface area contributed by atoms with Crippen LogP contribution in [-0.4, -0.2) is 70.6 Å². The maximum atomic E-state index is 12.5. The molecule has 3 heterocycles. The molecule has 1 aromatic carbocycles. The van der Waals surface area contributed by atoms with Crippen LogP contribution in [0.15, 0.2) is 18.2 Å². The number of ether oxygens (including phenoxy) is 1. The monoisotopic (exact) mass is 385 g/mol. The van der Waals surface area contributed by atoms with Gasteiger partial charge in [-0.25, -0.2) is 4.98 Å². The highest BCUT2D eigenvalue weighted by Crippen LogP contribution is 2.19. The van der Waals surface area contributed by atoms with Gasteiger partial charge in [0.05, 0.1) is 36.3 Å². The minimum absolute atomic E-state index is 0.00806. The maximum Gasteiger partial charge on any atom is 0.238 e. The number of aromatic nitrogens is 2. The number of fused-ring (bicyclic) bond motifs is 1. The lowest BCUT2D eigenvalue weighted by Crippen LogP contribution is -2.48. The van der Waals surface area contributed by atoms with E-state index in [9.17, 15) is 4.79 Å². The molecule has 0 saturated carbocycles. The predicted molar refractivity (Wildman–Crippen MR) is 110 cm³/mol. The minimum atomic E-state index is 0.00806. The molecule has 2 fully saturated rings. The van der Waals surface area contributed by atoms with Crippen molar-refractivity contribution in [2.24, 2.45) is 0 Å². The van der Waals surface area contributed by atoms with Gasteiger partial charge in [0.1, 0.15) is 5.82 Å². The van der Waals surface area contributed by atoms with Crippen LogP contribution >= 0.6 is 0 Å². The van der Waals surface area contributed by atoms with Crippen LogP contribution in [0, 0.1) is 0 Å². The molecule has 152 valence electrons. The third-order valence-electron chi connectivity index (χ3n) is 5.50. The van der Waals surface area contributed by atoms with Crippen LogP contribution < -0.4 is 5.32 Å². The minimum Gasteiger partial charge on any atom is -0.373 e. The van der Waals surface area contributed by atoms with Gasteiger partial charge in [-0.1, -0.05) is 6.42 Å². The number of morpholine rings is 1. The van der Waals surface area contributed by atoms with Crippen LogP contribution in [-0.2, 0) is 16.1 Å². The smallest absolute Gasteiger partial charge is 0.238 e. The van der Waals surface area contributed by atoms with Gasteiger partial charge in [-0.3, -0.25) is 14.6 Å². The van der Waals surface area contributed by atoms with Gasteiger partial charge in [0.2, 0.25) is 5.91 Å². The van der Waals surface area contributed by atoms with Crippen molar-refractivity contribution in [2.75, 3.05) is 38.0 Å². The van der Waals surface area contributed by atoms with E-state index in [-0.39, 0.29) is 18.1 Å². The number of aromatic amines is 1. The van der Waals surface area contributed by atoms with Gasteiger partial charge in [0.25, 0.3) is 0 Å². The average molecular weight is 386 g/mol. The van der Waals surface area contributed by atoms with E-state index in [4.69, 9.17) is 9.72 Å². The molecule has 1 aromatic heterocycles. The van der Waals surface area contributed by atoms with E-state index in [1.54, 1.807) is 0 Å². The third kappa shape index (κ3) is 4.90. The van der Waals surface area contributed by atoms with E-state index in [1.165, 1.54) is 19.3 Å². The molecule has 2 atom stereocenters. The zero-order valence-corrected chi connectivity index (χ0v) is 16.9. The van der Waals surface area contributed by atoms with Crippen LogP contribution in [0.25, 0.3) is 11.0 Å². The Bertz CT molecular complexity index is 804. The first-order chi connectivity index (χ1) is 13.5. The summed E-state index contributed by atoms with van der Waals surface area (Å²) in [7, 11) is 0. The molecule has 7 nitrogen and oxygen atoms in total. The number of nitrogens with one attached hydrogen (secondary N) is 2. The van der Waals surface area contributed by atoms with E-state index >= 15 is 0 Å². The number of carbonyl (C=O) groups excluding carboxylic acids is 1. The summed E-state index contributed by atoms with van der Waals surface area (Å²) in [5.41, 5.74) is 2.72. The molecule has 4 rings (SSSR count). The maximum absolute atomic E-state index is 12.5. The van der Waals surface area contributed by atoms with E-state index < -0.39 is 0 Å². The van der Waals surface area contributed by atoms with Crippen molar-refractivity contribution in [3.63, 3.8) is 0 Å². The molecule has 2 aromatic rings. The zero-order chi connectivity index (χ0) is 19.5. The Hall–Kier alpha value is -1.96. The summed E-state index contributed by atoms with van der Waals surface area (Å²) in [6.45, 7) is 9.23. The van der Waals surface area contributed by atoms with Crippen molar-refractivity contribution in [1.82, 2.24) is 19.8 Å². The van der Waals surface area contributed by atoms with Crippen molar-refractivity contribution in [3.05, 3.63) is 24.0 Å². The molecule has 2 unspecified atom stereocenters. The second kappa shape index (κ2) is 8.59. The number of imidazole rings is 1. The lowest BCUT2D eigenvalue weighted by atomic mass is 10.1. The first-order valence-electron chi connectivity index (χ1n) is 10.4. The lowest BCUT2D eigenvalue weighted by Gasteiger charge is -2.34. The van der Waals surface area contributed by atoms with Gasteiger partial charge >= 0.3 is 0 Å². The second-order valence-electron chi connectivity index (χ2n) is 8.25. The fraction of sp³-hybridized carbons (Fsp3) is 0.619. The molecular formula is C21H31N5O2. The van der Waals surface area contributed by atoms with E-state index in [2.05, 4.69) is 20.1 Å². The SMILES string of the molecule is CC1CN(CC(=O)Nc2ccc3nc(CN4CCCCC4)[nH]c3c2)CC(C)O1. The highest BCUT2D eigenvalue weighted by Gasteiger charge is 2.23. The van der Waals surface area contributed by atoms with Crippen molar-refractivity contribution in [2.45, 2.75) is 51.9 Å². The lowest BCUT2D eigenvalue weighted by molar-refractivity contribution is -0.121. The standard InChI is InChI=1S/C21H31N5O2/c1-15-11-26(12-16(2)28-15)14-21(27)22-17-6-7-18-19(10-17)24-20(23-18)13-25-8-4-3-5-9-25/h6-7,10,15-16H,3-5,8-9,11-14H2,1-2H3,(H,22,27)(H,23,24). The molecule has 2 aliphatic rings. The molecule has 0 bridgehead atoms. The number of hydrogen-bond donors (Lipinski definition) is 2. The van der Waals surface area contributed by atoms with Gasteiger partial charge in [-0.2, -0.15) is 0 Å². The van der Waals surface area contributed by atoms with Crippen molar-refractivity contribution in [3.8, 4) is 0 Å².